The molecular formula is C44H66N10O9. The van der Waals surface area contributed by atoms with Gasteiger partial charge in [-0.25, -0.2) is 0 Å². The molecule has 1 aliphatic rings. The molecule has 19 nitrogen and oxygen atoms in total. The highest BCUT2D eigenvalue weighted by Crippen LogP contribution is 2.40. The molecular weight excluding hydrogens is 813 g/mol. The molecule has 0 unspecified atom stereocenters. The van der Waals surface area contributed by atoms with E-state index in [1.807, 2.05) is 6.07 Å². The van der Waals surface area contributed by atoms with E-state index in [0.29, 0.717) is 34.6 Å². The summed E-state index contributed by atoms with van der Waals surface area (Å²) in [5, 5.41) is 32.2. The van der Waals surface area contributed by atoms with Gasteiger partial charge in [0.2, 0.25) is 35.4 Å². The summed E-state index contributed by atoms with van der Waals surface area (Å²) >= 11 is 0. The maximum absolute atomic E-state index is 14.5. The number of benzene rings is 2. The summed E-state index contributed by atoms with van der Waals surface area (Å²) in [7, 11) is 1.36. The van der Waals surface area contributed by atoms with Gasteiger partial charge in [-0.05, 0) is 61.7 Å². The number of nitriles is 1. The van der Waals surface area contributed by atoms with Crippen LogP contribution < -0.4 is 53.3 Å². The first-order valence-corrected chi connectivity index (χ1v) is 21.7. The van der Waals surface area contributed by atoms with Crippen LogP contribution >= 0.6 is 0 Å². The number of hydrogen-bond acceptors (Lipinski definition) is 13. The molecule has 0 aromatic heterocycles. The molecule has 0 aliphatic carbocycles. The lowest BCUT2D eigenvalue weighted by molar-refractivity contribution is -0.143. The van der Waals surface area contributed by atoms with Crippen LogP contribution in [-0.4, -0.2) is 123 Å². The second-order valence-corrected chi connectivity index (χ2v) is 15.4. The van der Waals surface area contributed by atoms with Crippen LogP contribution in [0.4, 0.5) is 0 Å². The molecule has 5 atom stereocenters. The molecule has 63 heavy (non-hydrogen) atoms. The van der Waals surface area contributed by atoms with Gasteiger partial charge in [0.25, 0.3) is 0 Å². The van der Waals surface area contributed by atoms with Crippen LogP contribution in [0.5, 0.6) is 11.5 Å². The van der Waals surface area contributed by atoms with Gasteiger partial charge in [0.05, 0.1) is 12.7 Å². The summed E-state index contributed by atoms with van der Waals surface area (Å²) in [4.78, 5) is 83.2. The Morgan fingerprint density at radius 1 is 0.873 bits per heavy atom. The van der Waals surface area contributed by atoms with E-state index >= 15 is 0 Å². The molecule has 0 saturated carbocycles. The monoisotopic (exact) mass is 879 g/mol. The quantitative estimate of drug-likeness (QED) is 0.0503. The lowest BCUT2D eigenvalue weighted by Crippen LogP contribution is -2.57. The number of carbonyl (C=O) groups excluding carboxylic acids is 6. The van der Waals surface area contributed by atoms with E-state index in [0.717, 1.165) is 37.0 Å². The number of amides is 6. The third-order valence-corrected chi connectivity index (χ3v) is 10.5. The molecule has 0 radical (unpaired) electrons. The number of nitrogens with two attached hydrogens (primary N) is 3. The van der Waals surface area contributed by atoms with Gasteiger partial charge in [-0.3, -0.25) is 28.8 Å². The highest BCUT2D eigenvalue weighted by atomic mass is 16.5. The minimum atomic E-state index is -1.45. The fraction of sp³-hybridized carbons (Fsp3) is 0.568. The molecule has 6 amide bonds. The van der Waals surface area contributed by atoms with E-state index in [-0.39, 0.29) is 64.2 Å². The highest BCUT2D eigenvalue weighted by Gasteiger charge is 2.36. The number of aliphatic hydroxyl groups excluding tert-OH is 1. The maximum atomic E-state index is 14.5. The molecule has 0 saturated heterocycles. The van der Waals surface area contributed by atoms with Gasteiger partial charge in [0.15, 0.2) is 0 Å². The number of hydrogen-bond donors (Lipinski definition) is 9. The van der Waals surface area contributed by atoms with E-state index in [4.69, 9.17) is 31.9 Å². The average molecular weight is 879 g/mol. The van der Waals surface area contributed by atoms with Crippen LogP contribution in [-0.2, 0) is 35.2 Å². The number of unbranched alkanes of at least 4 members (excludes halogenated alkanes) is 6. The summed E-state index contributed by atoms with van der Waals surface area (Å²) in [6, 6.07) is 5.29. The predicted octanol–water partition coefficient (Wildman–Crippen LogP) is 0.165. The lowest BCUT2D eigenvalue weighted by atomic mass is 9.93. The molecule has 3 rings (SSSR count). The Bertz CT molecular complexity index is 1890. The molecule has 2 aromatic carbocycles. The Morgan fingerprint density at radius 3 is 2.13 bits per heavy atom. The van der Waals surface area contributed by atoms with E-state index in [1.165, 1.54) is 20.4 Å². The topological polar surface area (TPSA) is 306 Å². The number of ether oxygens (including phenoxy) is 2. The first-order valence-electron chi connectivity index (χ1n) is 21.7. The zero-order valence-electron chi connectivity index (χ0n) is 36.7. The summed E-state index contributed by atoms with van der Waals surface area (Å²) in [6.45, 7) is 3.05. The smallest absolute Gasteiger partial charge is 0.248 e. The standard InChI is InChI=1S/C44H66N10O9/c1-4-5-6-7-8-9-10-11-38(56)51-35(27-55)42(59)52-33(16-17-45)44(61)54(3)39-30-13-15-37(63-23-20-48)32(26-30)31-24-29(12-14-36(31)62-22-19-47)25-34(41(58)49-21-18-46)53-40(57)28(2)50-43(39)60/h12-15,24,26,28,33-35,39,55H,4-11,16-17,19-23,25,27,45,47-48H2,1-3H3,(H,49,58)(H,50,60)(H,51,56)(H,52,59)(H,53,57)/t28-,33-,34-,35+,39-/m0/s1. The van der Waals surface area contributed by atoms with E-state index in [2.05, 4.69) is 33.5 Å². The largest absolute Gasteiger partial charge is 0.492 e. The van der Waals surface area contributed by atoms with E-state index in [1.54, 1.807) is 36.4 Å². The zero-order chi connectivity index (χ0) is 46.3. The van der Waals surface area contributed by atoms with Crippen molar-refractivity contribution in [3.05, 3.63) is 47.5 Å². The Hall–Kier alpha value is -5.81. The predicted molar refractivity (Wildman–Crippen MR) is 236 cm³/mol. The third-order valence-electron chi connectivity index (χ3n) is 10.5. The van der Waals surface area contributed by atoms with E-state index < -0.39 is 72.3 Å². The number of rotatable bonds is 24. The number of nitrogens with one attached hydrogen (secondary N) is 5. The molecule has 1 aliphatic heterocycles. The van der Waals surface area contributed by atoms with Gasteiger partial charge in [-0.1, -0.05) is 57.6 Å². The van der Waals surface area contributed by atoms with Crippen LogP contribution in [0.1, 0.15) is 88.8 Å². The average Bonchev–Trinajstić information content (AvgIpc) is 3.27. The van der Waals surface area contributed by atoms with Gasteiger partial charge in [-0.15, -0.1) is 0 Å². The Kier molecular flexibility index (Phi) is 22.3. The van der Waals surface area contributed by atoms with Crippen LogP contribution in [0.25, 0.3) is 11.1 Å². The summed E-state index contributed by atoms with van der Waals surface area (Å²) in [5.74, 6) is -3.43. The van der Waals surface area contributed by atoms with Crippen LogP contribution in [0, 0.1) is 11.3 Å². The van der Waals surface area contributed by atoms with Gasteiger partial charge < -0.3 is 63.3 Å². The van der Waals surface area contributed by atoms with Crippen molar-refractivity contribution in [2.45, 2.75) is 108 Å². The molecule has 4 bridgehead atoms. The zero-order valence-corrected chi connectivity index (χ0v) is 36.7. The number of nitrogens with zero attached hydrogens (tertiary/aromatic N) is 2. The first-order chi connectivity index (χ1) is 30.3. The lowest BCUT2D eigenvalue weighted by Gasteiger charge is -2.33. The fourth-order valence-corrected chi connectivity index (χ4v) is 7.11. The number of aliphatic hydroxyl groups is 1. The molecule has 1 heterocycles. The molecule has 0 fully saturated rings. The summed E-state index contributed by atoms with van der Waals surface area (Å²) < 4.78 is 12.1. The summed E-state index contributed by atoms with van der Waals surface area (Å²) in [6.07, 6.45) is 7.06. The van der Waals surface area contributed by atoms with Crippen molar-refractivity contribution in [2.75, 3.05) is 53.0 Å². The number of carbonyl (C=O) groups is 6. The Balaban J connectivity index is 2.07. The third kappa shape index (κ3) is 15.8. The van der Waals surface area contributed by atoms with Crippen molar-refractivity contribution < 1.29 is 43.3 Å². The Labute approximate surface area is 369 Å². The molecule has 12 N–H and O–H groups in total. The van der Waals surface area contributed by atoms with E-state index in [9.17, 15) is 33.9 Å². The van der Waals surface area contributed by atoms with Crippen molar-refractivity contribution in [2.24, 2.45) is 17.2 Å². The van der Waals surface area contributed by atoms with Crippen molar-refractivity contribution in [3.63, 3.8) is 0 Å². The normalized spacial score (nSPS) is 17.1. The van der Waals surface area contributed by atoms with Gasteiger partial charge >= 0.3 is 0 Å². The van der Waals surface area contributed by atoms with Crippen LogP contribution in [0.15, 0.2) is 36.4 Å². The molecule has 346 valence electrons. The minimum Gasteiger partial charge on any atom is -0.492 e. The SMILES string of the molecule is CCCCCCCCCC(=O)N[C@H](CO)C(=O)N[C@@H](CCN)C(=O)N(C)[C@@H]1C(=O)N[C@@H](C)C(=O)N[C@H](C(=O)NCC#N)Cc2ccc(OCCN)c(c2)-c2cc1ccc2OCCN. The van der Waals surface area contributed by atoms with Crippen molar-refractivity contribution >= 4 is 35.4 Å². The first kappa shape index (κ1) is 51.5. The van der Waals surface area contributed by atoms with Gasteiger partial charge in [-0.2, -0.15) is 5.26 Å². The maximum Gasteiger partial charge on any atom is 0.248 e. The highest BCUT2D eigenvalue weighted by molar-refractivity contribution is 5.97. The molecule has 2 aromatic rings. The van der Waals surface area contributed by atoms with Crippen molar-refractivity contribution in [1.82, 2.24) is 31.5 Å². The van der Waals surface area contributed by atoms with Gasteiger partial charge in [0, 0.05) is 44.1 Å². The fourth-order valence-electron chi connectivity index (χ4n) is 7.11. The van der Waals surface area contributed by atoms with Crippen LogP contribution in [0.3, 0.4) is 0 Å². The molecule has 0 spiro atoms. The summed E-state index contributed by atoms with van der Waals surface area (Å²) in [5.41, 5.74) is 19.3. The second-order valence-electron chi connectivity index (χ2n) is 15.4. The van der Waals surface area contributed by atoms with Crippen molar-refractivity contribution in [3.8, 4) is 28.7 Å². The number of likely N-dealkylation sites (N-methyl/N-ethyl adjacent to an activating group) is 1. The van der Waals surface area contributed by atoms with Gasteiger partial charge in [0.1, 0.15) is 61.5 Å². The Morgan fingerprint density at radius 2 is 1.51 bits per heavy atom. The minimum absolute atomic E-state index is 0.0132. The second kappa shape index (κ2) is 27.3. The van der Waals surface area contributed by atoms with Crippen LogP contribution in [0.2, 0.25) is 0 Å². The van der Waals surface area contributed by atoms with Crippen molar-refractivity contribution in [1.29, 1.82) is 5.26 Å². The molecule has 19 heteroatoms. The number of fused-ring (bicyclic) bond motifs is 5.